The Morgan fingerprint density at radius 2 is 1.39 bits per heavy atom. The van der Waals surface area contributed by atoms with Crippen molar-refractivity contribution in [2.45, 2.75) is 6.92 Å². The average Bonchev–Trinajstić information content (AvgIpc) is 3.73. The summed E-state index contributed by atoms with van der Waals surface area (Å²) in [6, 6.07) is 36.6. The van der Waals surface area contributed by atoms with Gasteiger partial charge in [0, 0.05) is 46.8 Å². The maximum Gasteiger partial charge on any atom is 0.235 e. The van der Waals surface area contributed by atoms with E-state index in [0.29, 0.717) is 5.95 Å². The predicted octanol–water partition coefficient (Wildman–Crippen LogP) is 11.5. The van der Waals surface area contributed by atoms with E-state index in [2.05, 4.69) is 127 Å². The maximum absolute atomic E-state index is 5.42. The highest BCUT2D eigenvalue weighted by molar-refractivity contribution is 7.26. The Morgan fingerprint density at radius 3 is 2.20 bits per heavy atom. The third-order valence-electron chi connectivity index (χ3n) is 8.58. The molecule has 0 unspecified atom stereocenters. The van der Waals surface area contributed by atoms with Gasteiger partial charge in [0.2, 0.25) is 5.95 Å². The molecule has 3 nitrogen and oxygen atoms in total. The maximum atomic E-state index is 5.42. The molecule has 0 aliphatic rings. The van der Waals surface area contributed by atoms with Crippen molar-refractivity contribution in [1.29, 1.82) is 0 Å². The van der Waals surface area contributed by atoms with E-state index >= 15 is 0 Å². The molecule has 0 saturated carbocycles. The lowest BCUT2D eigenvalue weighted by atomic mass is 9.99. The van der Waals surface area contributed by atoms with Gasteiger partial charge in [0.1, 0.15) is 0 Å². The summed E-state index contributed by atoms with van der Waals surface area (Å²) < 4.78 is 5.93. The Labute approximate surface area is 261 Å². The molecule has 0 aliphatic heterocycles. The van der Waals surface area contributed by atoms with Crippen molar-refractivity contribution in [2.75, 3.05) is 0 Å². The second kappa shape index (κ2) is 9.71. The minimum Gasteiger partial charge on any atom is -0.277 e. The fourth-order valence-corrected chi connectivity index (χ4v) is 9.06. The number of benzene rings is 5. The molecule has 5 heteroatoms. The van der Waals surface area contributed by atoms with Gasteiger partial charge in [-0.3, -0.25) is 4.57 Å². The molecule has 0 saturated heterocycles. The topological polar surface area (TPSA) is 30.7 Å². The number of hydrogen-bond acceptors (Lipinski definition) is 4. The van der Waals surface area contributed by atoms with Crippen LogP contribution in [0.15, 0.2) is 122 Å². The van der Waals surface area contributed by atoms with E-state index < -0.39 is 0 Å². The molecule has 5 aromatic carbocycles. The number of para-hydroxylation sites is 1. The normalized spacial score (nSPS) is 12.2. The molecule has 0 spiro atoms. The summed E-state index contributed by atoms with van der Waals surface area (Å²) in [5.41, 5.74) is 6.57. The van der Waals surface area contributed by atoms with E-state index in [1.807, 2.05) is 23.5 Å². The molecule has 4 aromatic heterocycles. The van der Waals surface area contributed by atoms with Crippen LogP contribution in [-0.2, 0) is 0 Å². The molecule has 9 aromatic rings. The third kappa shape index (κ3) is 3.54. The zero-order valence-electron chi connectivity index (χ0n) is 23.9. The van der Waals surface area contributed by atoms with Crippen LogP contribution in [0.5, 0.6) is 0 Å². The Bertz CT molecular complexity index is 2630. The molecule has 0 aliphatic carbocycles. The van der Waals surface area contributed by atoms with Crippen LogP contribution in [0.4, 0.5) is 0 Å². The van der Waals surface area contributed by atoms with Gasteiger partial charge in [-0.05, 0) is 36.1 Å². The van der Waals surface area contributed by atoms with E-state index in [0.717, 1.165) is 37.9 Å². The van der Waals surface area contributed by atoms with Crippen LogP contribution in [0.1, 0.15) is 10.4 Å². The number of hydrogen-bond donors (Lipinski definition) is 0. The predicted molar refractivity (Wildman–Crippen MR) is 192 cm³/mol. The molecule has 44 heavy (non-hydrogen) atoms. The fraction of sp³-hybridized carbons (Fsp3) is 0.0256. The first-order valence-corrected chi connectivity index (χ1v) is 16.3. The molecule has 4 heterocycles. The second-order valence-electron chi connectivity index (χ2n) is 11.0. The highest BCUT2D eigenvalue weighted by Gasteiger charge is 2.24. The van der Waals surface area contributed by atoms with E-state index in [1.54, 1.807) is 11.3 Å². The highest BCUT2D eigenvalue weighted by Crippen LogP contribution is 2.47. The van der Waals surface area contributed by atoms with Crippen LogP contribution >= 0.6 is 22.7 Å². The Kier molecular flexibility index (Phi) is 5.61. The van der Waals surface area contributed by atoms with Gasteiger partial charge < -0.3 is 0 Å². The summed E-state index contributed by atoms with van der Waals surface area (Å²) in [5.74, 6) is 0.691. The van der Waals surface area contributed by atoms with Crippen LogP contribution in [0.25, 0.3) is 86.2 Å². The van der Waals surface area contributed by atoms with Gasteiger partial charge in [-0.1, -0.05) is 110 Å². The molecular formula is C39H25N3S2. The third-order valence-corrected chi connectivity index (χ3v) is 11.0. The van der Waals surface area contributed by atoms with Crippen molar-refractivity contribution in [3.63, 3.8) is 0 Å². The van der Waals surface area contributed by atoms with Crippen molar-refractivity contribution >= 4 is 91.7 Å². The van der Waals surface area contributed by atoms with Crippen molar-refractivity contribution < 1.29 is 0 Å². The molecule has 0 fully saturated rings. The summed E-state index contributed by atoms with van der Waals surface area (Å²) in [7, 11) is 0. The first-order valence-electron chi connectivity index (χ1n) is 14.6. The summed E-state index contributed by atoms with van der Waals surface area (Å²) in [4.78, 5) is 12.1. The second-order valence-corrected chi connectivity index (χ2v) is 13.1. The zero-order valence-corrected chi connectivity index (χ0v) is 25.5. The van der Waals surface area contributed by atoms with Crippen molar-refractivity contribution in [3.05, 3.63) is 132 Å². The highest BCUT2D eigenvalue weighted by atomic mass is 32.1. The van der Waals surface area contributed by atoms with E-state index in [-0.39, 0.29) is 0 Å². The van der Waals surface area contributed by atoms with Crippen LogP contribution in [0.2, 0.25) is 0 Å². The largest absolute Gasteiger partial charge is 0.277 e. The summed E-state index contributed by atoms with van der Waals surface area (Å²) >= 11 is 3.61. The monoisotopic (exact) mass is 599 g/mol. The molecule has 0 N–H and O–H groups in total. The van der Waals surface area contributed by atoms with Crippen molar-refractivity contribution in [1.82, 2.24) is 14.5 Å². The summed E-state index contributed by atoms with van der Waals surface area (Å²) in [6.07, 6.45) is 6.04. The number of aryl methyl sites for hydroxylation is 1. The van der Waals surface area contributed by atoms with E-state index in [4.69, 9.17) is 9.97 Å². The molecule has 208 valence electrons. The summed E-state index contributed by atoms with van der Waals surface area (Å²) in [6.45, 7) is 6.15. The lowest BCUT2D eigenvalue weighted by Gasteiger charge is -2.12. The van der Waals surface area contributed by atoms with Crippen LogP contribution in [-0.4, -0.2) is 14.5 Å². The number of allylic oxidation sites excluding steroid dienone is 2. The van der Waals surface area contributed by atoms with Crippen molar-refractivity contribution in [2.24, 2.45) is 0 Å². The number of thiophene rings is 2. The van der Waals surface area contributed by atoms with Gasteiger partial charge in [0.05, 0.1) is 26.9 Å². The lowest BCUT2D eigenvalue weighted by molar-refractivity contribution is 1.02. The smallest absolute Gasteiger partial charge is 0.235 e. The minimum absolute atomic E-state index is 0.691. The van der Waals surface area contributed by atoms with E-state index in [9.17, 15) is 0 Å². The van der Waals surface area contributed by atoms with Gasteiger partial charge in [-0.15, -0.1) is 22.7 Å². The zero-order chi connectivity index (χ0) is 29.4. The van der Waals surface area contributed by atoms with E-state index in [1.165, 1.54) is 46.8 Å². The number of aromatic nitrogens is 3. The average molecular weight is 600 g/mol. The molecule has 0 radical (unpaired) electrons. The molecule has 9 rings (SSSR count). The Balaban J connectivity index is 1.52. The minimum atomic E-state index is 0.691. The fourth-order valence-electron chi connectivity index (χ4n) is 6.65. The number of fused-ring (bicyclic) bond motifs is 11. The number of nitrogens with zero attached hydrogens (tertiary/aromatic N) is 3. The first-order chi connectivity index (χ1) is 21.7. The van der Waals surface area contributed by atoms with Crippen LogP contribution in [0, 0.1) is 6.92 Å². The van der Waals surface area contributed by atoms with Gasteiger partial charge in [0.15, 0.2) is 0 Å². The van der Waals surface area contributed by atoms with Gasteiger partial charge in [-0.2, -0.15) is 0 Å². The summed E-state index contributed by atoms with van der Waals surface area (Å²) in [5, 5.41) is 7.38. The standard InChI is InChI=1S/C39H25N3S2/c1-3-4-21-30-23(2)32-36-33(25-16-8-9-17-26(25)37(32)43-30)27-18-10-12-20-29(27)42(36)39-40-34(24-14-6-5-7-15-24)38-35(41-39)28-19-11-13-22-31(28)44-38/h3-22H,1H2,2H3/b21-4-. The SMILES string of the molecule is C=C/C=C\c1sc2c3ccccc3c3c4ccccc4n(-c4nc(-c5ccccc5)c5sc6ccccc6c5n4)c3c2c1C. The molecule has 0 bridgehead atoms. The Morgan fingerprint density at radius 1 is 0.682 bits per heavy atom. The first kappa shape index (κ1) is 25.4. The lowest BCUT2D eigenvalue weighted by Crippen LogP contribution is -2.03. The van der Waals surface area contributed by atoms with Crippen LogP contribution in [0.3, 0.4) is 0 Å². The quantitative estimate of drug-likeness (QED) is 0.188. The number of rotatable bonds is 4. The van der Waals surface area contributed by atoms with Crippen molar-refractivity contribution in [3.8, 4) is 17.2 Å². The van der Waals surface area contributed by atoms with Gasteiger partial charge in [0.25, 0.3) is 0 Å². The molecular weight excluding hydrogens is 575 g/mol. The molecule has 0 atom stereocenters. The van der Waals surface area contributed by atoms with Crippen LogP contribution < -0.4 is 0 Å². The molecule has 0 amide bonds. The van der Waals surface area contributed by atoms with Gasteiger partial charge in [-0.25, -0.2) is 9.97 Å². The Hall–Kier alpha value is -5.10. The van der Waals surface area contributed by atoms with Gasteiger partial charge >= 0.3 is 0 Å².